The van der Waals surface area contributed by atoms with Crippen molar-refractivity contribution in [2.24, 2.45) is 7.05 Å². The Bertz CT molecular complexity index is 1440. The molecule has 0 spiro atoms. The van der Waals surface area contributed by atoms with Crippen molar-refractivity contribution in [1.82, 2.24) is 24.1 Å². The van der Waals surface area contributed by atoms with Crippen molar-refractivity contribution < 1.29 is 0 Å². The van der Waals surface area contributed by atoms with E-state index in [1.54, 1.807) is 10.8 Å². The second-order valence-electron chi connectivity index (χ2n) is 7.04. The highest BCUT2D eigenvalue weighted by molar-refractivity contribution is 5.95. The van der Waals surface area contributed by atoms with Crippen LogP contribution in [0.3, 0.4) is 0 Å². The molecule has 0 atom stereocenters. The monoisotopic (exact) mass is 396 g/mol. The van der Waals surface area contributed by atoms with E-state index in [4.69, 9.17) is 4.98 Å². The van der Waals surface area contributed by atoms with E-state index < -0.39 is 0 Å². The van der Waals surface area contributed by atoms with Crippen molar-refractivity contribution in [2.45, 2.75) is 6.92 Å². The van der Waals surface area contributed by atoms with Crippen LogP contribution < -0.4 is 10.9 Å². The number of nitrogens with one attached hydrogen (secondary N) is 1. The molecule has 0 saturated carbocycles. The van der Waals surface area contributed by atoms with Crippen LogP contribution in [0.1, 0.15) is 6.92 Å². The van der Waals surface area contributed by atoms with Gasteiger partial charge in [-0.15, -0.1) is 0 Å². The predicted octanol–water partition coefficient (Wildman–Crippen LogP) is 3.77. The molecular weight excluding hydrogens is 376 g/mol. The van der Waals surface area contributed by atoms with E-state index in [0.717, 1.165) is 22.2 Å². The van der Waals surface area contributed by atoms with Gasteiger partial charge in [0, 0.05) is 36.3 Å². The number of hydrogen-bond donors (Lipinski definition) is 1. The SMILES string of the molecule is CCNc1ncc2nc(-c3cn(C)c4ccccc34)c(=O)n(-c3ccccc3)c2n1. The number of fused-ring (bicyclic) bond motifs is 2. The number of anilines is 1. The van der Waals surface area contributed by atoms with Gasteiger partial charge in [0.1, 0.15) is 11.2 Å². The first-order valence-corrected chi connectivity index (χ1v) is 9.81. The lowest BCUT2D eigenvalue weighted by molar-refractivity contribution is 0.961. The largest absolute Gasteiger partial charge is 0.354 e. The molecule has 5 rings (SSSR count). The Labute approximate surface area is 172 Å². The molecule has 148 valence electrons. The highest BCUT2D eigenvalue weighted by atomic mass is 16.1. The van der Waals surface area contributed by atoms with E-state index in [1.165, 1.54) is 0 Å². The lowest BCUT2D eigenvalue weighted by atomic mass is 10.1. The summed E-state index contributed by atoms with van der Waals surface area (Å²) in [7, 11) is 1.97. The predicted molar refractivity (Wildman–Crippen MR) is 119 cm³/mol. The molecule has 0 fully saturated rings. The van der Waals surface area contributed by atoms with Gasteiger partial charge in [-0.3, -0.25) is 9.36 Å². The van der Waals surface area contributed by atoms with Gasteiger partial charge in [0.25, 0.3) is 5.56 Å². The fourth-order valence-electron chi connectivity index (χ4n) is 3.75. The maximum Gasteiger partial charge on any atom is 0.283 e. The molecule has 0 aliphatic carbocycles. The van der Waals surface area contributed by atoms with Crippen molar-refractivity contribution >= 4 is 28.0 Å². The fourth-order valence-corrected chi connectivity index (χ4v) is 3.75. The van der Waals surface area contributed by atoms with Gasteiger partial charge in [0.05, 0.1) is 11.9 Å². The molecule has 0 bridgehead atoms. The highest BCUT2D eigenvalue weighted by Gasteiger charge is 2.19. The van der Waals surface area contributed by atoms with Crippen LogP contribution in [-0.2, 0) is 7.05 Å². The van der Waals surface area contributed by atoms with Crippen LogP contribution in [0.2, 0.25) is 0 Å². The van der Waals surface area contributed by atoms with Gasteiger partial charge in [0.2, 0.25) is 5.95 Å². The van der Waals surface area contributed by atoms with Gasteiger partial charge < -0.3 is 9.88 Å². The first kappa shape index (κ1) is 18.1. The molecule has 0 aliphatic rings. The first-order chi connectivity index (χ1) is 14.7. The van der Waals surface area contributed by atoms with E-state index >= 15 is 0 Å². The zero-order chi connectivity index (χ0) is 20.7. The lowest BCUT2D eigenvalue weighted by Gasteiger charge is -2.12. The molecule has 7 heteroatoms. The summed E-state index contributed by atoms with van der Waals surface area (Å²) in [6.07, 6.45) is 3.61. The molecule has 30 heavy (non-hydrogen) atoms. The number of aryl methyl sites for hydroxylation is 1. The lowest BCUT2D eigenvalue weighted by Crippen LogP contribution is -2.23. The summed E-state index contributed by atoms with van der Waals surface area (Å²) in [5.74, 6) is 0.466. The smallest absolute Gasteiger partial charge is 0.283 e. The van der Waals surface area contributed by atoms with E-state index in [-0.39, 0.29) is 5.56 Å². The van der Waals surface area contributed by atoms with Gasteiger partial charge in [-0.05, 0) is 25.1 Å². The van der Waals surface area contributed by atoms with Crippen molar-refractivity contribution in [2.75, 3.05) is 11.9 Å². The summed E-state index contributed by atoms with van der Waals surface area (Å²) in [5.41, 5.74) is 3.76. The number of hydrogen-bond acceptors (Lipinski definition) is 5. The normalized spacial score (nSPS) is 11.3. The fraction of sp³-hybridized carbons (Fsp3) is 0.130. The summed E-state index contributed by atoms with van der Waals surface area (Å²) in [6, 6.07) is 17.5. The number of rotatable bonds is 4. The maximum absolute atomic E-state index is 13.7. The minimum atomic E-state index is -0.216. The highest BCUT2D eigenvalue weighted by Crippen LogP contribution is 2.28. The Morgan fingerprint density at radius 2 is 1.77 bits per heavy atom. The molecule has 7 nitrogen and oxygen atoms in total. The molecule has 0 unspecified atom stereocenters. The molecule has 3 aromatic heterocycles. The van der Waals surface area contributed by atoms with Crippen LogP contribution in [0.5, 0.6) is 0 Å². The van der Waals surface area contributed by atoms with Gasteiger partial charge in [0.15, 0.2) is 5.65 Å². The zero-order valence-corrected chi connectivity index (χ0v) is 16.7. The summed E-state index contributed by atoms with van der Waals surface area (Å²) >= 11 is 0. The number of nitrogens with zero attached hydrogens (tertiary/aromatic N) is 5. The minimum absolute atomic E-state index is 0.216. The number of aromatic nitrogens is 5. The van der Waals surface area contributed by atoms with Crippen LogP contribution in [0.25, 0.3) is 39.0 Å². The standard InChI is InChI=1S/C23H20N6O/c1-3-24-23-25-13-18-21(27-23)29(15-9-5-4-6-10-15)22(30)20(26-18)17-14-28(2)19-12-8-7-11-16(17)19/h4-14H,3H2,1-2H3,(H,24,25,27). The molecule has 1 N–H and O–H groups in total. The third-order valence-electron chi connectivity index (χ3n) is 5.10. The third kappa shape index (κ3) is 2.83. The number of para-hydroxylation sites is 2. The third-order valence-corrected chi connectivity index (χ3v) is 5.10. The van der Waals surface area contributed by atoms with Crippen molar-refractivity contribution in [3.8, 4) is 16.9 Å². The molecule has 0 saturated heterocycles. The van der Waals surface area contributed by atoms with E-state index in [1.807, 2.05) is 79.3 Å². The van der Waals surface area contributed by atoms with E-state index in [2.05, 4.69) is 15.3 Å². The Morgan fingerprint density at radius 1 is 1.00 bits per heavy atom. The summed E-state index contributed by atoms with van der Waals surface area (Å²) in [5, 5.41) is 4.08. The van der Waals surface area contributed by atoms with Gasteiger partial charge in [-0.25, -0.2) is 9.97 Å². The molecular formula is C23H20N6O. The van der Waals surface area contributed by atoms with Crippen molar-refractivity contribution in [3.05, 3.63) is 77.3 Å². The quantitative estimate of drug-likeness (QED) is 0.500. The average Bonchev–Trinajstić information content (AvgIpc) is 3.11. The Hall–Kier alpha value is -4.00. The Morgan fingerprint density at radius 3 is 2.57 bits per heavy atom. The van der Waals surface area contributed by atoms with Crippen LogP contribution in [0.15, 0.2) is 71.8 Å². The molecule has 2 aromatic carbocycles. The summed E-state index contributed by atoms with van der Waals surface area (Å²) in [4.78, 5) is 27.3. The first-order valence-electron chi connectivity index (χ1n) is 9.81. The van der Waals surface area contributed by atoms with E-state index in [0.29, 0.717) is 29.4 Å². The molecule has 0 amide bonds. The van der Waals surface area contributed by atoms with Crippen LogP contribution in [0.4, 0.5) is 5.95 Å². The van der Waals surface area contributed by atoms with Crippen molar-refractivity contribution in [3.63, 3.8) is 0 Å². The average molecular weight is 396 g/mol. The van der Waals surface area contributed by atoms with Crippen LogP contribution >= 0.6 is 0 Å². The molecule has 5 aromatic rings. The minimum Gasteiger partial charge on any atom is -0.354 e. The zero-order valence-electron chi connectivity index (χ0n) is 16.7. The second kappa shape index (κ2) is 7.11. The molecule has 3 heterocycles. The molecule has 0 radical (unpaired) electrons. The van der Waals surface area contributed by atoms with Crippen LogP contribution in [0, 0.1) is 0 Å². The van der Waals surface area contributed by atoms with Gasteiger partial charge in [-0.2, -0.15) is 4.98 Å². The topological polar surface area (TPSA) is 77.6 Å². The van der Waals surface area contributed by atoms with Gasteiger partial charge in [-0.1, -0.05) is 36.4 Å². The Kier molecular flexibility index (Phi) is 4.28. The van der Waals surface area contributed by atoms with E-state index in [9.17, 15) is 4.79 Å². The van der Waals surface area contributed by atoms with Crippen molar-refractivity contribution in [1.29, 1.82) is 0 Å². The van der Waals surface area contributed by atoms with Gasteiger partial charge >= 0.3 is 0 Å². The summed E-state index contributed by atoms with van der Waals surface area (Å²) in [6.45, 7) is 2.66. The molecule has 0 aliphatic heterocycles. The maximum atomic E-state index is 13.7. The number of benzene rings is 2. The van der Waals surface area contributed by atoms with Crippen LogP contribution in [-0.4, -0.2) is 30.6 Å². The summed E-state index contributed by atoms with van der Waals surface area (Å²) < 4.78 is 3.62. The second-order valence-corrected chi connectivity index (χ2v) is 7.04. The Balaban J connectivity index is 1.88.